The van der Waals surface area contributed by atoms with Crippen molar-refractivity contribution in [3.63, 3.8) is 0 Å². The van der Waals surface area contributed by atoms with E-state index < -0.39 is 59.9 Å². The van der Waals surface area contributed by atoms with E-state index in [2.05, 4.69) is 0 Å². The summed E-state index contributed by atoms with van der Waals surface area (Å²) >= 11 is 0. The van der Waals surface area contributed by atoms with Gasteiger partial charge < -0.3 is 28.7 Å². The molecule has 2 heterocycles. The minimum Gasteiger partial charge on any atom is -0.370 e. The summed E-state index contributed by atoms with van der Waals surface area (Å²) in [6, 6.07) is 0. The SMILES string of the molecule is CCOP(=O)(O)O[C@H]1C[C@H](C)O[C@@H]1COP(=O)(O)O[C@H]1C[C@H](C)O[C@@H]1COP(=O)(O)C(C)C. The van der Waals surface area contributed by atoms with Crippen LogP contribution in [-0.4, -0.2) is 76.8 Å². The third-order valence-corrected chi connectivity index (χ3v) is 9.04. The van der Waals surface area contributed by atoms with Crippen molar-refractivity contribution in [2.24, 2.45) is 0 Å². The van der Waals surface area contributed by atoms with E-state index in [1.165, 1.54) is 20.8 Å². The average molecular weight is 540 g/mol. The monoisotopic (exact) mass is 540 g/mol. The normalized spacial score (nSPS) is 35.9. The topological polar surface area (TPSA) is 177 Å². The molecule has 16 heteroatoms. The molecule has 2 aliphatic rings. The van der Waals surface area contributed by atoms with Gasteiger partial charge in [0.05, 0.1) is 37.7 Å². The number of rotatable bonds is 13. The van der Waals surface area contributed by atoms with Crippen molar-refractivity contribution >= 4 is 23.2 Å². The summed E-state index contributed by atoms with van der Waals surface area (Å²) in [5.41, 5.74) is -0.621. The van der Waals surface area contributed by atoms with Crippen molar-refractivity contribution in [2.75, 3.05) is 19.8 Å². The number of hydrogen-bond donors (Lipinski definition) is 3. The minimum atomic E-state index is -4.62. The van der Waals surface area contributed by atoms with E-state index in [1.54, 1.807) is 13.8 Å². The Morgan fingerprint density at radius 3 is 1.67 bits per heavy atom. The van der Waals surface area contributed by atoms with Crippen LogP contribution in [0.25, 0.3) is 0 Å². The van der Waals surface area contributed by atoms with Crippen molar-refractivity contribution in [1.82, 2.24) is 0 Å². The number of ether oxygens (including phenoxy) is 2. The summed E-state index contributed by atoms with van der Waals surface area (Å²) in [6.45, 7) is 7.27. The summed E-state index contributed by atoms with van der Waals surface area (Å²) in [5.74, 6) is 0. The van der Waals surface area contributed by atoms with Gasteiger partial charge in [-0.2, -0.15) is 0 Å². The van der Waals surface area contributed by atoms with E-state index in [0.29, 0.717) is 0 Å². The molecule has 33 heavy (non-hydrogen) atoms. The van der Waals surface area contributed by atoms with Crippen LogP contribution in [0.5, 0.6) is 0 Å². The molecule has 0 amide bonds. The van der Waals surface area contributed by atoms with Gasteiger partial charge in [-0.15, -0.1) is 0 Å². The molecular formula is C17H35O13P3. The molecule has 9 atom stereocenters. The predicted molar refractivity (Wildman–Crippen MR) is 116 cm³/mol. The molecule has 0 radical (unpaired) electrons. The Kier molecular flexibility index (Phi) is 10.8. The van der Waals surface area contributed by atoms with Gasteiger partial charge in [0.25, 0.3) is 0 Å². The summed E-state index contributed by atoms with van der Waals surface area (Å²) in [4.78, 5) is 29.8. The largest absolute Gasteiger partial charge is 0.472 e. The van der Waals surface area contributed by atoms with Crippen molar-refractivity contribution in [2.45, 2.75) is 89.7 Å². The second-order valence-electron chi connectivity index (χ2n) is 8.33. The molecule has 0 aromatic heterocycles. The lowest BCUT2D eigenvalue weighted by atomic mass is 10.1. The van der Waals surface area contributed by atoms with E-state index >= 15 is 0 Å². The molecule has 0 saturated carbocycles. The van der Waals surface area contributed by atoms with Gasteiger partial charge in [-0.1, -0.05) is 13.8 Å². The smallest absolute Gasteiger partial charge is 0.370 e. The lowest BCUT2D eigenvalue weighted by Gasteiger charge is -2.25. The van der Waals surface area contributed by atoms with E-state index in [1.807, 2.05) is 0 Å². The Bertz CT molecular complexity index is 777. The van der Waals surface area contributed by atoms with Crippen LogP contribution in [0.3, 0.4) is 0 Å². The maximum Gasteiger partial charge on any atom is 0.472 e. The van der Waals surface area contributed by atoms with Crippen LogP contribution >= 0.6 is 23.2 Å². The lowest BCUT2D eigenvalue weighted by Crippen LogP contribution is -2.30. The van der Waals surface area contributed by atoms with Crippen molar-refractivity contribution in [1.29, 1.82) is 0 Å². The Morgan fingerprint density at radius 1 is 0.818 bits per heavy atom. The summed E-state index contributed by atoms with van der Waals surface area (Å²) in [5, 5.41) is 0. The van der Waals surface area contributed by atoms with Crippen molar-refractivity contribution < 1.29 is 60.5 Å². The molecule has 0 aliphatic carbocycles. The van der Waals surface area contributed by atoms with E-state index in [0.717, 1.165) is 0 Å². The molecule has 2 saturated heterocycles. The fraction of sp³-hybridized carbons (Fsp3) is 1.00. The molecule has 2 rings (SSSR count). The summed E-state index contributed by atoms with van der Waals surface area (Å²) < 4.78 is 72.9. The van der Waals surface area contributed by atoms with Gasteiger partial charge in [0.2, 0.25) is 0 Å². The first kappa shape index (κ1) is 29.5. The second kappa shape index (κ2) is 12.0. The Balaban J connectivity index is 1.94. The fourth-order valence-electron chi connectivity index (χ4n) is 3.42. The third-order valence-electron chi connectivity index (χ3n) is 5.08. The first-order valence-electron chi connectivity index (χ1n) is 10.7. The van der Waals surface area contributed by atoms with Crippen LogP contribution in [0, 0.1) is 0 Å². The first-order chi connectivity index (χ1) is 15.1. The van der Waals surface area contributed by atoms with E-state index in [-0.39, 0.29) is 38.3 Å². The minimum absolute atomic E-state index is 0.0343. The Hall–Kier alpha value is 0.290. The fourth-order valence-corrected chi connectivity index (χ4v) is 5.99. The van der Waals surface area contributed by atoms with Crippen molar-refractivity contribution in [3.05, 3.63) is 0 Å². The Labute approximate surface area is 193 Å². The van der Waals surface area contributed by atoms with Gasteiger partial charge in [-0.3, -0.25) is 22.7 Å². The molecule has 0 aromatic rings. The number of hydrogen-bond acceptors (Lipinski definition) is 10. The maximum atomic E-state index is 12.5. The molecular weight excluding hydrogens is 505 g/mol. The lowest BCUT2D eigenvalue weighted by molar-refractivity contribution is -0.0337. The van der Waals surface area contributed by atoms with Crippen LogP contribution in [0.1, 0.15) is 47.5 Å². The number of phosphoric acid groups is 2. The van der Waals surface area contributed by atoms with Crippen LogP contribution in [0.2, 0.25) is 0 Å². The van der Waals surface area contributed by atoms with Gasteiger partial charge in [0.1, 0.15) is 24.4 Å². The van der Waals surface area contributed by atoms with Crippen molar-refractivity contribution in [3.8, 4) is 0 Å². The molecule has 2 fully saturated rings. The van der Waals surface area contributed by atoms with Gasteiger partial charge in [0, 0.05) is 12.8 Å². The molecule has 3 unspecified atom stereocenters. The summed E-state index contributed by atoms with van der Waals surface area (Å²) in [7, 11) is -12.8. The van der Waals surface area contributed by atoms with E-state index in [4.69, 9.17) is 32.1 Å². The molecule has 0 bridgehead atoms. The molecule has 0 spiro atoms. The van der Waals surface area contributed by atoms with Crippen LogP contribution < -0.4 is 0 Å². The highest BCUT2D eigenvalue weighted by Crippen LogP contribution is 2.51. The molecule has 196 valence electrons. The Morgan fingerprint density at radius 2 is 1.24 bits per heavy atom. The standard InChI is InChI=1S/C17H35O13P3/c1-6-24-32(20,21)29-15-8-13(5)28-17(15)10-26-33(22,23)30-14-7-12(4)27-16(14)9-25-31(18,19)11(2)3/h11-17H,6-10H2,1-5H3,(H,18,19)(H,20,21)(H,22,23)/t12-,13-,14-,15-,16+,17+/m0/s1. The second-order valence-corrected chi connectivity index (χ2v) is 13.6. The molecule has 0 aromatic carbocycles. The summed E-state index contributed by atoms with van der Waals surface area (Å²) in [6.07, 6.45) is -3.76. The van der Waals surface area contributed by atoms with Gasteiger partial charge >= 0.3 is 23.2 Å². The molecule has 13 nitrogen and oxygen atoms in total. The van der Waals surface area contributed by atoms with E-state index in [9.17, 15) is 28.4 Å². The van der Waals surface area contributed by atoms with Gasteiger partial charge in [-0.25, -0.2) is 9.13 Å². The van der Waals surface area contributed by atoms with Crippen LogP contribution in [0.15, 0.2) is 0 Å². The van der Waals surface area contributed by atoms with Gasteiger partial charge in [0.15, 0.2) is 0 Å². The zero-order valence-electron chi connectivity index (χ0n) is 19.3. The molecule has 2 aliphatic heterocycles. The molecule has 3 N–H and O–H groups in total. The maximum absolute atomic E-state index is 12.5. The number of phosphoric ester groups is 2. The third kappa shape index (κ3) is 9.35. The zero-order valence-corrected chi connectivity index (χ0v) is 22.0. The average Bonchev–Trinajstić information content (AvgIpc) is 3.18. The quantitative estimate of drug-likeness (QED) is 0.291. The zero-order chi connectivity index (χ0) is 25.0. The van der Waals surface area contributed by atoms with Gasteiger partial charge in [-0.05, 0) is 20.8 Å². The highest BCUT2D eigenvalue weighted by Gasteiger charge is 2.43. The van der Waals surface area contributed by atoms with Crippen LogP contribution in [-0.2, 0) is 45.8 Å². The predicted octanol–water partition coefficient (Wildman–Crippen LogP) is 2.98. The highest BCUT2D eigenvalue weighted by molar-refractivity contribution is 7.53. The first-order valence-corrected chi connectivity index (χ1v) is 15.4. The highest BCUT2D eigenvalue weighted by atomic mass is 31.2. The van der Waals surface area contributed by atoms with Crippen LogP contribution in [0.4, 0.5) is 0 Å².